The Kier molecular flexibility index (Phi) is 7.49. The minimum atomic E-state index is -4.00. The van der Waals surface area contributed by atoms with Crippen molar-refractivity contribution in [1.29, 1.82) is 0 Å². The number of halogens is 1. The zero-order valence-electron chi connectivity index (χ0n) is 19.4. The number of benzene rings is 3. The van der Waals surface area contributed by atoms with E-state index in [0.29, 0.717) is 43.4 Å². The van der Waals surface area contributed by atoms with Crippen molar-refractivity contribution >= 4 is 44.6 Å². The Bertz CT molecular complexity index is 1330. The van der Waals surface area contributed by atoms with Crippen molar-refractivity contribution in [3.63, 3.8) is 0 Å². The predicted molar refractivity (Wildman–Crippen MR) is 137 cm³/mol. The van der Waals surface area contributed by atoms with Crippen LogP contribution in [-0.4, -0.2) is 54.8 Å². The van der Waals surface area contributed by atoms with Gasteiger partial charge < -0.3 is 19.7 Å². The van der Waals surface area contributed by atoms with Gasteiger partial charge in [-0.1, -0.05) is 35.9 Å². The molecule has 3 aromatic rings. The average molecular weight is 516 g/mol. The molecule has 1 aliphatic heterocycles. The maximum atomic E-state index is 13.4. The molecule has 0 spiro atoms. The molecule has 1 amide bonds. The molecule has 1 N–H and O–H groups in total. The summed E-state index contributed by atoms with van der Waals surface area (Å²) < 4.78 is 38.6. The number of para-hydroxylation sites is 4. The number of morpholine rings is 1. The van der Waals surface area contributed by atoms with E-state index in [1.165, 1.54) is 32.4 Å². The van der Waals surface area contributed by atoms with Gasteiger partial charge in [-0.25, -0.2) is 8.42 Å². The second kappa shape index (κ2) is 10.6. The number of amides is 1. The van der Waals surface area contributed by atoms with Crippen LogP contribution < -0.4 is 19.3 Å². The van der Waals surface area contributed by atoms with E-state index in [2.05, 4.69) is 10.2 Å². The fourth-order valence-corrected chi connectivity index (χ4v) is 5.30. The molecule has 1 fully saturated rings. The van der Waals surface area contributed by atoms with Crippen LogP contribution in [0.1, 0.15) is 10.4 Å². The summed E-state index contributed by atoms with van der Waals surface area (Å²) in [7, 11) is -1.10. The van der Waals surface area contributed by atoms with Crippen LogP contribution in [0, 0.1) is 0 Å². The van der Waals surface area contributed by atoms with Gasteiger partial charge in [-0.2, -0.15) is 0 Å². The second-order valence-corrected chi connectivity index (χ2v) is 10.2. The summed E-state index contributed by atoms with van der Waals surface area (Å²) in [4.78, 5) is 15.3. The lowest BCUT2D eigenvalue weighted by molar-refractivity contribution is 0.102. The number of sulfonamides is 1. The van der Waals surface area contributed by atoms with Gasteiger partial charge in [0.2, 0.25) is 0 Å². The first-order valence-electron chi connectivity index (χ1n) is 11.0. The van der Waals surface area contributed by atoms with E-state index >= 15 is 0 Å². The van der Waals surface area contributed by atoms with Crippen molar-refractivity contribution in [3.05, 3.63) is 77.3 Å². The Balaban J connectivity index is 1.63. The lowest BCUT2D eigenvalue weighted by Gasteiger charge is -2.30. The first-order valence-corrected chi connectivity index (χ1v) is 12.8. The molecule has 10 heteroatoms. The Morgan fingerprint density at radius 3 is 2.49 bits per heavy atom. The van der Waals surface area contributed by atoms with Crippen molar-refractivity contribution in [2.24, 2.45) is 0 Å². The molecule has 0 aliphatic carbocycles. The largest absolute Gasteiger partial charge is 0.495 e. The van der Waals surface area contributed by atoms with E-state index in [1.807, 2.05) is 18.2 Å². The summed E-state index contributed by atoms with van der Waals surface area (Å²) in [5.74, 6) is -0.0991. The fourth-order valence-electron chi connectivity index (χ4n) is 3.87. The van der Waals surface area contributed by atoms with Gasteiger partial charge in [0.05, 0.1) is 52.9 Å². The molecule has 184 valence electrons. The van der Waals surface area contributed by atoms with E-state index in [1.54, 1.807) is 30.3 Å². The highest BCUT2D eigenvalue weighted by Crippen LogP contribution is 2.32. The number of methoxy groups -OCH3 is 1. The zero-order valence-corrected chi connectivity index (χ0v) is 21.0. The van der Waals surface area contributed by atoms with Crippen molar-refractivity contribution in [2.45, 2.75) is 4.90 Å². The molecule has 4 rings (SSSR count). The van der Waals surface area contributed by atoms with E-state index in [0.717, 1.165) is 9.99 Å². The molecule has 1 heterocycles. The summed E-state index contributed by atoms with van der Waals surface area (Å²) in [5.41, 5.74) is 1.89. The van der Waals surface area contributed by atoms with Gasteiger partial charge in [0, 0.05) is 20.1 Å². The first kappa shape index (κ1) is 24.8. The van der Waals surface area contributed by atoms with Crippen LogP contribution in [0.25, 0.3) is 0 Å². The van der Waals surface area contributed by atoms with Gasteiger partial charge in [0.25, 0.3) is 15.9 Å². The molecule has 0 unspecified atom stereocenters. The average Bonchev–Trinajstić information content (AvgIpc) is 2.89. The Labute approximate surface area is 210 Å². The number of rotatable bonds is 7. The third-order valence-electron chi connectivity index (χ3n) is 5.77. The smallest absolute Gasteiger partial charge is 0.264 e. The van der Waals surface area contributed by atoms with Crippen LogP contribution in [0.15, 0.2) is 71.6 Å². The number of nitrogens with one attached hydrogen (secondary N) is 1. The first-order chi connectivity index (χ1) is 16.8. The fraction of sp³-hybridized carbons (Fsp3) is 0.240. The van der Waals surface area contributed by atoms with Gasteiger partial charge >= 0.3 is 0 Å². The van der Waals surface area contributed by atoms with Crippen LogP contribution in [0.3, 0.4) is 0 Å². The Hall–Kier alpha value is -3.27. The summed E-state index contributed by atoms with van der Waals surface area (Å²) >= 11 is 6.32. The molecule has 1 aliphatic rings. The van der Waals surface area contributed by atoms with Crippen molar-refractivity contribution < 1.29 is 22.7 Å². The predicted octanol–water partition coefficient (Wildman–Crippen LogP) is 4.26. The van der Waals surface area contributed by atoms with Crippen molar-refractivity contribution in [1.82, 2.24) is 0 Å². The van der Waals surface area contributed by atoms with Gasteiger partial charge in [-0.05, 0) is 42.5 Å². The van der Waals surface area contributed by atoms with Crippen LogP contribution in [0.4, 0.5) is 17.1 Å². The zero-order chi connectivity index (χ0) is 25.0. The monoisotopic (exact) mass is 515 g/mol. The normalized spacial score (nSPS) is 13.9. The minimum Gasteiger partial charge on any atom is -0.495 e. The van der Waals surface area contributed by atoms with E-state index in [-0.39, 0.29) is 15.5 Å². The highest BCUT2D eigenvalue weighted by molar-refractivity contribution is 7.92. The minimum absolute atomic E-state index is 0.0537. The quantitative estimate of drug-likeness (QED) is 0.506. The van der Waals surface area contributed by atoms with Gasteiger partial charge in [-0.3, -0.25) is 9.10 Å². The van der Waals surface area contributed by atoms with Gasteiger partial charge in [0.15, 0.2) is 0 Å². The number of anilines is 3. The van der Waals surface area contributed by atoms with E-state index in [4.69, 9.17) is 21.1 Å². The van der Waals surface area contributed by atoms with Crippen molar-refractivity contribution in [3.8, 4) is 5.75 Å². The second-order valence-electron chi connectivity index (χ2n) is 7.86. The number of carbonyl (C=O) groups excluding carboxylic acids is 1. The molecule has 35 heavy (non-hydrogen) atoms. The van der Waals surface area contributed by atoms with E-state index < -0.39 is 15.9 Å². The molecule has 0 atom stereocenters. The third kappa shape index (κ3) is 5.22. The molecule has 0 bridgehead atoms. The van der Waals surface area contributed by atoms with Crippen LogP contribution in [0.2, 0.25) is 5.02 Å². The molecular formula is C25H26ClN3O5S. The van der Waals surface area contributed by atoms with Crippen molar-refractivity contribution in [2.75, 3.05) is 55.0 Å². The summed E-state index contributed by atoms with van der Waals surface area (Å²) in [6, 6.07) is 18.3. The van der Waals surface area contributed by atoms with E-state index in [9.17, 15) is 13.2 Å². The molecule has 3 aromatic carbocycles. The molecule has 8 nitrogen and oxygen atoms in total. The molecule has 1 saturated heterocycles. The summed E-state index contributed by atoms with van der Waals surface area (Å²) in [5, 5.41) is 3.03. The third-order valence-corrected chi connectivity index (χ3v) is 7.87. The lowest BCUT2D eigenvalue weighted by atomic mass is 10.2. The Morgan fingerprint density at radius 2 is 1.74 bits per heavy atom. The molecule has 0 aromatic heterocycles. The topological polar surface area (TPSA) is 88.2 Å². The number of nitrogens with zero attached hydrogens (tertiary/aromatic N) is 2. The number of carbonyl (C=O) groups is 1. The number of hydrogen-bond donors (Lipinski definition) is 1. The summed E-state index contributed by atoms with van der Waals surface area (Å²) in [6.45, 7) is 2.62. The number of ether oxygens (including phenoxy) is 2. The van der Waals surface area contributed by atoms with Crippen LogP contribution >= 0.6 is 11.6 Å². The Morgan fingerprint density at radius 1 is 1.06 bits per heavy atom. The summed E-state index contributed by atoms with van der Waals surface area (Å²) in [6.07, 6.45) is 0. The highest BCUT2D eigenvalue weighted by Gasteiger charge is 2.26. The highest BCUT2D eigenvalue weighted by atomic mass is 35.5. The lowest BCUT2D eigenvalue weighted by Crippen LogP contribution is -2.36. The standard InChI is InChI=1S/C25H26ClN3O5S/c1-28(23-9-5-6-10-24(23)33-2)35(31,32)18-11-12-20(26)19(17-18)25(30)27-21-7-3-4-8-22(21)29-13-15-34-16-14-29/h3-12,17H,13-16H2,1-2H3,(H,27,30). The number of hydrogen-bond acceptors (Lipinski definition) is 6. The molecular weight excluding hydrogens is 490 g/mol. The van der Waals surface area contributed by atoms with Gasteiger partial charge in [-0.15, -0.1) is 0 Å². The van der Waals surface area contributed by atoms with Gasteiger partial charge in [0.1, 0.15) is 5.75 Å². The molecule has 0 radical (unpaired) electrons. The van der Waals surface area contributed by atoms with Crippen LogP contribution in [0.5, 0.6) is 5.75 Å². The van der Waals surface area contributed by atoms with Crippen LogP contribution in [-0.2, 0) is 14.8 Å². The molecule has 0 saturated carbocycles. The maximum absolute atomic E-state index is 13.4. The SMILES string of the molecule is COc1ccccc1N(C)S(=O)(=O)c1ccc(Cl)c(C(=O)Nc2ccccc2N2CCOCC2)c1. The maximum Gasteiger partial charge on any atom is 0.264 e.